The molecule has 23 heavy (non-hydrogen) atoms. The standard InChI is InChI=1S/C17H32BNO4/c1-15(2,3)21-14(20)19-13-10-8-12(9-11-13)18-22-16(4,5)17(6,7)23-18/h12-13H,8-11H2,1-7H3,(H,19,20). The Morgan fingerprint density at radius 1 is 1.04 bits per heavy atom. The fourth-order valence-corrected chi connectivity index (χ4v) is 3.09. The van der Waals surface area contributed by atoms with Gasteiger partial charge in [0, 0.05) is 6.04 Å². The van der Waals surface area contributed by atoms with Crippen molar-refractivity contribution in [1.82, 2.24) is 5.32 Å². The Balaban J connectivity index is 1.80. The van der Waals surface area contributed by atoms with Gasteiger partial charge >= 0.3 is 13.2 Å². The third-order valence-electron chi connectivity index (χ3n) is 5.15. The van der Waals surface area contributed by atoms with Gasteiger partial charge in [-0.15, -0.1) is 0 Å². The predicted molar refractivity (Wildman–Crippen MR) is 91.5 cm³/mol. The molecule has 0 bridgehead atoms. The number of ether oxygens (including phenoxy) is 1. The maximum atomic E-state index is 11.9. The molecule has 2 rings (SSSR count). The van der Waals surface area contributed by atoms with Gasteiger partial charge in [-0.1, -0.05) is 12.8 Å². The van der Waals surface area contributed by atoms with E-state index in [-0.39, 0.29) is 30.5 Å². The van der Waals surface area contributed by atoms with E-state index >= 15 is 0 Å². The molecule has 0 aromatic heterocycles. The molecular formula is C17H32BNO4. The van der Waals surface area contributed by atoms with Crippen LogP contribution >= 0.6 is 0 Å². The summed E-state index contributed by atoms with van der Waals surface area (Å²) in [5.74, 6) is 0.396. The van der Waals surface area contributed by atoms with Crippen LogP contribution in [-0.2, 0) is 14.0 Å². The highest BCUT2D eigenvalue weighted by Crippen LogP contribution is 2.43. The van der Waals surface area contributed by atoms with Crippen molar-refractivity contribution in [2.24, 2.45) is 0 Å². The number of rotatable bonds is 2. The van der Waals surface area contributed by atoms with Crippen molar-refractivity contribution >= 4 is 13.2 Å². The molecule has 1 N–H and O–H groups in total. The molecule has 0 radical (unpaired) electrons. The van der Waals surface area contributed by atoms with E-state index in [2.05, 4.69) is 33.0 Å². The maximum Gasteiger partial charge on any atom is 0.461 e. The van der Waals surface area contributed by atoms with Crippen molar-refractivity contribution in [3.8, 4) is 0 Å². The van der Waals surface area contributed by atoms with Crippen LogP contribution in [0, 0.1) is 0 Å². The van der Waals surface area contributed by atoms with Gasteiger partial charge in [-0.25, -0.2) is 4.79 Å². The first-order chi connectivity index (χ1) is 10.4. The summed E-state index contributed by atoms with van der Waals surface area (Å²) in [5.41, 5.74) is -1.00. The molecule has 1 amide bonds. The highest BCUT2D eigenvalue weighted by Gasteiger charge is 2.53. The first-order valence-electron chi connectivity index (χ1n) is 8.75. The molecule has 0 aromatic carbocycles. The second kappa shape index (κ2) is 6.28. The number of amides is 1. The number of hydrogen-bond acceptors (Lipinski definition) is 4. The highest BCUT2D eigenvalue weighted by atomic mass is 16.7. The van der Waals surface area contributed by atoms with E-state index in [1.165, 1.54) is 0 Å². The minimum absolute atomic E-state index is 0.137. The summed E-state index contributed by atoms with van der Waals surface area (Å²) in [5, 5.41) is 2.98. The average Bonchev–Trinajstić information content (AvgIpc) is 2.56. The van der Waals surface area contributed by atoms with E-state index in [1.54, 1.807) is 0 Å². The Bertz CT molecular complexity index is 420. The quantitative estimate of drug-likeness (QED) is 0.782. The van der Waals surface area contributed by atoms with Crippen LogP contribution in [0.1, 0.15) is 74.1 Å². The fourth-order valence-electron chi connectivity index (χ4n) is 3.09. The fraction of sp³-hybridized carbons (Fsp3) is 0.941. The zero-order valence-electron chi connectivity index (χ0n) is 15.7. The summed E-state index contributed by atoms with van der Waals surface area (Å²) in [7, 11) is -0.137. The Kier molecular flexibility index (Phi) is 5.08. The van der Waals surface area contributed by atoms with Crippen LogP contribution in [0.15, 0.2) is 0 Å². The van der Waals surface area contributed by atoms with Gasteiger partial charge in [0.05, 0.1) is 11.2 Å². The van der Waals surface area contributed by atoms with Gasteiger partial charge in [-0.05, 0) is 67.1 Å². The lowest BCUT2D eigenvalue weighted by atomic mass is 9.64. The molecular weight excluding hydrogens is 293 g/mol. The maximum absolute atomic E-state index is 11.9. The van der Waals surface area contributed by atoms with Crippen molar-refractivity contribution in [3.63, 3.8) is 0 Å². The molecule has 2 fully saturated rings. The average molecular weight is 325 g/mol. The molecule has 0 atom stereocenters. The summed E-state index contributed by atoms with van der Waals surface area (Å²) in [6, 6.07) is 0.184. The Morgan fingerprint density at radius 2 is 1.52 bits per heavy atom. The molecule has 6 heteroatoms. The number of carbonyl (C=O) groups is 1. The van der Waals surface area contributed by atoms with Crippen molar-refractivity contribution < 1.29 is 18.8 Å². The lowest BCUT2D eigenvalue weighted by molar-refractivity contribution is 0.00578. The Hall–Kier alpha value is -0.745. The van der Waals surface area contributed by atoms with Crippen LogP contribution in [0.2, 0.25) is 5.82 Å². The van der Waals surface area contributed by atoms with Gasteiger partial charge in [0.25, 0.3) is 0 Å². The monoisotopic (exact) mass is 325 g/mol. The first-order valence-corrected chi connectivity index (χ1v) is 8.75. The molecule has 132 valence electrons. The Morgan fingerprint density at radius 3 is 1.96 bits per heavy atom. The van der Waals surface area contributed by atoms with E-state index in [9.17, 15) is 4.79 Å². The van der Waals surface area contributed by atoms with E-state index < -0.39 is 5.60 Å². The summed E-state index contributed by atoms with van der Waals surface area (Å²) in [4.78, 5) is 11.9. The molecule has 1 aliphatic heterocycles. The number of nitrogens with one attached hydrogen (secondary N) is 1. The van der Waals surface area contributed by atoms with Crippen molar-refractivity contribution in [2.45, 2.75) is 103 Å². The van der Waals surface area contributed by atoms with Crippen LogP contribution < -0.4 is 5.32 Å². The lowest BCUT2D eigenvalue weighted by Crippen LogP contribution is -2.41. The smallest absolute Gasteiger partial charge is 0.444 e. The van der Waals surface area contributed by atoms with E-state index in [1.807, 2.05) is 20.8 Å². The number of hydrogen-bond donors (Lipinski definition) is 1. The van der Waals surface area contributed by atoms with Gasteiger partial charge in [-0.2, -0.15) is 0 Å². The molecule has 0 spiro atoms. The van der Waals surface area contributed by atoms with E-state index in [4.69, 9.17) is 14.0 Å². The van der Waals surface area contributed by atoms with Gasteiger partial charge in [0.1, 0.15) is 5.60 Å². The van der Waals surface area contributed by atoms with Crippen LogP contribution in [0.3, 0.4) is 0 Å². The topological polar surface area (TPSA) is 56.8 Å². The zero-order chi connectivity index (χ0) is 17.5. The van der Waals surface area contributed by atoms with Crippen molar-refractivity contribution in [3.05, 3.63) is 0 Å². The van der Waals surface area contributed by atoms with Crippen LogP contribution in [-0.4, -0.2) is 36.1 Å². The van der Waals surface area contributed by atoms with Gasteiger partial charge in [0.15, 0.2) is 0 Å². The Labute approximate surface area is 141 Å². The largest absolute Gasteiger partial charge is 0.461 e. The minimum Gasteiger partial charge on any atom is -0.444 e. The molecule has 1 saturated heterocycles. The third-order valence-corrected chi connectivity index (χ3v) is 5.15. The summed E-state index contributed by atoms with van der Waals surface area (Å²) in [6.07, 6.45) is 3.55. The number of alkyl carbamates (subject to hydrolysis) is 1. The third kappa shape index (κ3) is 4.63. The second-order valence-corrected chi connectivity index (χ2v) is 8.88. The lowest BCUT2D eigenvalue weighted by Gasteiger charge is -2.32. The summed E-state index contributed by atoms with van der Waals surface area (Å²) in [6.45, 7) is 14.0. The molecule has 5 nitrogen and oxygen atoms in total. The SMILES string of the molecule is CC(C)(C)OC(=O)NC1CCC(B2OC(C)(C)C(C)(C)O2)CC1. The molecule has 1 heterocycles. The number of carbonyl (C=O) groups excluding carboxylic acids is 1. The van der Waals surface area contributed by atoms with Crippen LogP contribution in [0.5, 0.6) is 0 Å². The normalized spacial score (nSPS) is 30.1. The molecule has 0 unspecified atom stereocenters. The van der Waals surface area contributed by atoms with Gasteiger partial charge < -0.3 is 19.4 Å². The molecule has 2 aliphatic rings. The van der Waals surface area contributed by atoms with E-state index in [0.717, 1.165) is 25.7 Å². The minimum atomic E-state index is -0.454. The first kappa shape index (κ1) is 18.6. The van der Waals surface area contributed by atoms with Crippen molar-refractivity contribution in [2.75, 3.05) is 0 Å². The van der Waals surface area contributed by atoms with E-state index in [0.29, 0.717) is 5.82 Å². The molecule has 0 aromatic rings. The summed E-state index contributed by atoms with van der Waals surface area (Å²) >= 11 is 0. The van der Waals surface area contributed by atoms with Crippen LogP contribution in [0.25, 0.3) is 0 Å². The zero-order valence-corrected chi connectivity index (χ0v) is 15.7. The van der Waals surface area contributed by atoms with Crippen molar-refractivity contribution in [1.29, 1.82) is 0 Å². The summed E-state index contributed by atoms with van der Waals surface area (Å²) < 4.78 is 17.6. The van der Waals surface area contributed by atoms with Crippen LogP contribution in [0.4, 0.5) is 4.79 Å². The predicted octanol–water partition coefficient (Wildman–Crippen LogP) is 3.92. The second-order valence-electron chi connectivity index (χ2n) is 8.88. The highest BCUT2D eigenvalue weighted by molar-refractivity contribution is 6.47. The van der Waals surface area contributed by atoms with Gasteiger partial charge in [0.2, 0.25) is 0 Å². The van der Waals surface area contributed by atoms with Gasteiger partial charge in [-0.3, -0.25) is 0 Å². The molecule has 1 aliphatic carbocycles. The molecule has 1 saturated carbocycles.